The van der Waals surface area contributed by atoms with Gasteiger partial charge in [-0.2, -0.15) is 8.42 Å². The summed E-state index contributed by atoms with van der Waals surface area (Å²) in [6, 6.07) is 2.02. The molecular weight excluding hydrogens is 238 g/mol. The Hall–Kier alpha value is -2.16. The summed E-state index contributed by atoms with van der Waals surface area (Å²) in [4.78, 5) is 24.5. The van der Waals surface area contributed by atoms with Crippen molar-refractivity contribution in [2.24, 2.45) is 4.36 Å². The molecule has 9 heteroatoms. The largest absolute Gasteiger partial charge is 0.319 e. The van der Waals surface area contributed by atoms with Crippen LogP contribution in [0.1, 0.15) is 16.2 Å². The maximum Gasteiger partial charge on any atom is 0.319 e. The third kappa shape index (κ3) is 2.92. The summed E-state index contributed by atoms with van der Waals surface area (Å²) in [6.45, 7) is 1.44. The smallest absolute Gasteiger partial charge is 0.264 e. The van der Waals surface area contributed by atoms with Crippen molar-refractivity contribution in [3.63, 3.8) is 0 Å². The summed E-state index contributed by atoms with van der Waals surface area (Å²) in [5, 5.41) is 10.5. The summed E-state index contributed by atoms with van der Waals surface area (Å²) in [5.41, 5.74) is -0.497. The predicted molar refractivity (Wildman–Crippen MR) is 51.3 cm³/mol. The van der Waals surface area contributed by atoms with E-state index in [0.29, 0.717) is 0 Å². The van der Waals surface area contributed by atoms with Gasteiger partial charge in [0.05, 0.1) is 4.92 Å². The summed E-state index contributed by atoms with van der Waals surface area (Å²) in [5.74, 6) is -1.14. The van der Waals surface area contributed by atoms with Gasteiger partial charge in [0.15, 0.2) is 0 Å². The molecule has 0 saturated heterocycles. The van der Waals surface area contributed by atoms with Crippen LogP contribution < -0.4 is 0 Å². The van der Waals surface area contributed by atoms with E-state index < -0.39 is 21.3 Å². The molecule has 0 atom stereocenters. The van der Waals surface area contributed by atoms with E-state index in [1.54, 1.807) is 0 Å². The molecule has 0 unspecified atom stereocenters. The van der Waals surface area contributed by atoms with E-state index in [9.17, 15) is 23.3 Å². The first-order chi connectivity index (χ1) is 7.40. The number of pyridine rings is 1. The quantitative estimate of drug-likeness (QED) is 0.551. The van der Waals surface area contributed by atoms with Gasteiger partial charge < -0.3 is 0 Å². The number of hydrogen-bond acceptors (Lipinski definition) is 6. The van der Waals surface area contributed by atoms with Crippen LogP contribution in [-0.2, 0) is 10.5 Å². The minimum atomic E-state index is -2.90. The Morgan fingerprint density at radius 2 is 2.12 bits per heavy atom. The van der Waals surface area contributed by atoms with Gasteiger partial charge in [0.1, 0.15) is 5.69 Å². The highest BCUT2D eigenvalue weighted by molar-refractivity contribution is 7.62. The molecule has 8 nitrogen and oxygen atoms in total. The van der Waals surface area contributed by atoms with Crippen LogP contribution in [-0.4, -0.2) is 24.2 Å². The lowest BCUT2D eigenvalue weighted by atomic mass is 10.2. The second-order valence-electron chi connectivity index (χ2n) is 2.72. The van der Waals surface area contributed by atoms with Crippen LogP contribution >= 0.6 is 0 Å². The molecular formula is C7H5N3O5S. The van der Waals surface area contributed by atoms with Gasteiger partial charge in [-0.05, 0) is 6.92 Å². The molecule has 0 aromatic carbocycles. The van der Waals surface area contributed by atoms with Crippen LogP contribution in [0.4, 0.5) is 5.69 Å². The molecule has 1 heterocycles. The summed E-state index contributed by atoms with van der Waals surface area (Å²) in [7, 11) is -2.90. The van der Waals surface area contributed by atoms with Crippen LogP contribution in [0.2, 0.25) is 0 Å². The first-order valence-electron chi connectivity index (χ1n) is 3.88. The van der Waals surface area contributed by atoms with E-state index in [0.717, 1.165) is 12.1 Å². The number of hydrogen-bond donors (Lipinski definition) is 0. The van der Waals surface area contributed by atoms with Gasteiger partial charge in [-0.3, -0.25) is 14.9 Å². The molecule has 0 bridgehead atoms. The van der Waals surface area contributed by atoms with E-state index in [4.69, 9.17) is 0 Å². The number of nitro groups is 1. The normalized spacial score (nSPS) is 9.56. The number of aromatic nitrogens is 1. The number of nitrogens with zero attached hydrogens (tertiary/aromatic N) is 3. The summed E-state index contributed by atoms with van der Waals surface area (Å²) in [6.07, 6.45) is 0. The third-order valence-corrected chi connectivity index (χ3v) is 1.84. The maximum atomic E-state index is 11.1. The molecule has 0 saturated carbocycles. The monoisotopic (exact) mass is 243 g/mol. The second-order valence-corrected chi connectivity index (χ2v) is 3.34. The molecule has 1 aromatic heterocycles. The predicted octanol–water partition coefficient (Wildman–Crippen LogP) is 0.501. The Labute approximate surface area is 90.8 Å². The van der Waals surface area contributed by atoms with Gasteiger partial charge in [0.2, 0.25) is 0 Å². The first-order valence-corrected chi connectivity index (χ1v) is 4.92. The molecule has 0 spiro atoms. The van der Waals surface area contributed by atoms with E-state index in [2.05, 4.69) is 9.35 Å². The Morgan fingerprint density at radius 1 is 1.50 bits per heavy atom. The number of carbonyl (C=O) groups is 1. The molecule has 0 fully saturated rings. The van der Waals surface area contributed by atoms with E-state index in [1.807, 2.05) is 0 Å². The Balaban J connectivity index is 3.30. The second kappa shape index (κ2) is 4.57. The molecule has 0 radical (unpaired) electrons. The fraction of sp³-hybridized carbons (Fsp3) is 0.143. The molecule has 0 N–H and O–H groups in total. The topological polar surface area (TPSA) is 120 Å². The standard InChI is InChI=1S/C7H5N3O5S/c1-4-2-5(10(12)13)3-6(8-4)7(11)9-16(14)15/h2-3H,1H3. The average Bonchev–Trinajstić information content (AvgIpc) is 2.15. The molecule has 0 aliphatic carbocycles. The van der Waals surface area contributed by atoms with Gasteiger partial charge in [-0.25, -0.2) is 4.98 Å². The number of carbonyl (C=O) groups excluding carboxylic acids is 1. The van der Waals surface area contributed by atoms with Gasteiger partial charge in [-0.15, -0.1) is 0 Å². The molecule has 84 valence electrons. The molecule has 0 aliphatic heterocycles. The highest BCUT2D eigenvalue weighted by Crippen LogP contribution is 2.14. The van der Waals surface area contributed by atoms with Gasteiger partial charge in [0, 0.05) is 17.8 Å². The lowest BCUT2D eigenvalue weighted by molar-refractivity contribution is -0.385. The highest BCUT2D eigenvalue weighted by Gasteiger charge is 2.14. The van der Waals surface area contributed by atoms with Crippen molar-refractivity contribution in [2.75, 3.05) is 0 Å². The summed E-state index contributed by atoms with van der Waals surface area (Å²) >= 11 is 0. The van der Waals surface area contributed by atoms with Crippen LogP contribution in [0.25, 0.3) is 0 Å². The fourth-order valence-electron chi connectivity index (χ4n) is 0.980. The van der Waals surface area contributed by atoms with Crippen LogP contribution in [0.15, 0.2) is 16.5 Å². The zero-order valence-electron chi connectivity index (χ0n) is 7.95. The van der Waals surface area contributed by atoms with Crippen LogP contribution in [0, 0.1) is 17.0 Å². The van der Waals surface area contributed by atoms with E-state index in [1.165, 1.54) is 6.92 Å². The molecule has 0 aliphatic rings. The zero-order chi connectivity index (χ0) is 12.3. The molecule has 16 heavy (non-hydrogen) atoms. The van der Waals surface area contributed by atoms with E-state index >= 15 is 0 Å². The lowest BCUT2D eigenvalue weighted by Gasteiger charge is -1.96. The average molecular weight is 243 g/mol. The Morgan fingerprint density at radius 3 is 2.62 bits per heavy atom. The van der Waals surface area contributed by atoms with Gasteiger partial charge in [-0.1, -0.05) is 4.36 Å². The van der Waals surface area contributed by atoms with E-state index in [-0.39, 0.29) is 17.1 Å². The Kier molecular flexibility index (Phi) is 3.40. The minimum absolute atomic E-state index is 0.226. The molecule has 1 rings (SSSR count). The van der Waals surface area contributed by atoms with Gasteiger partial charge >= 0.3 is 16.4 Å². The SMILES string of the molecule is Cc1cc([N+](=O)[O-])cc(C(=O)N=S(=O)=O)n1. The first kappa shape index (κ1) is 11.9. The molecule has 1 amide bonds. The summed E-state index contributed by atoms with van der Waals surface area (Å²) < 4.78 is 23.0. The van der Waals surface area contributed by atoms with Crippen molar-refractivity contribution in [3.8, 4) is 0 Å². The minimum Gasteiger partial charge on any atom is -0.264 e. The van der Waals surface area contributed by atoms with Crippen molar-refractivity contribution in [1.29, 1.82) is 0 Å². The van der Waals surface area contributed by atoms with Crippen molar-refractivity contribution in [1.82, 2.24) is 4.98 Å². The number of rotatable bonds is 2. The number of aryl methyl sites for hydroxylation is 1. The Bertz CT molecular complexity index is 584. The lowest BCUT2D eigenvalue weighted by Crippen LogP contribution is -2.02. The van der Waals surface area contributed by atoms with Crippen molar-refractivity contribution in [3.05, 3.63) is 33.6 Å². The van der Waals surface area contributed by atoms with Crippen molar-refractivity contribution in [2.45, 2.75) is 6.92 Å². The number of amides is 1. The van der Waals surface area contributed by atoms with Crippen molar-refractivity contribution < 1.29 is 18.1 Å². The highest BCUT2D eigenvalue weighted by atomic mass is 32.2. The fourth-order valence-corrected chi connectivity index (χ4v) is 1.21. The molecule has 1 aromatic rings. The van der Waals surface area contributed by atoms with Crippen molar-refractivity contribution >= 4 is 22.1 Å². The van der Waals surface area contributed by atoms with Crippen LogP contribution in [0.5, 0.6) is 0 Å². The van der Waals surface area contributed by atoms with Gasteiger partial charge in [0.25, 0.3) is 5.69 Å². The zero-order valence-corrected chi connectivity index (χ0v) is 8.76. The third-order valence-electron chi connectivity index (χ3n) is 1.53. The van der Waals surface area contributed by atoms with Crippen LogP contribution in [0.3, 0.4) is 0 Å². The maximum absolute atomic E-state index is 11.1.